The van der Waals surface area contributed by atoms with Crippen LogP contribution in [0.1, 0.15) is 52.1 Å². The van der Waals surface area contributed by atoms with Gasteiger partial charge in [0.2, 0.25) is 0 Å². The van der Waals surface area contributed by atoms with E-state index in [1.54, 1.807) is 11.2 Å². The molecule has 2 heterocycles. The Labute approximate surface area is 144 Å². The fourth-order valence-corrected chi connectivity index (χ4v) is 3.00. The van der Waals surface area contributed by atoms with Gasteiger partial charge < -0.3 is 15.0 Å². The summed E-state index contributed by atoms with van der Waals surface area (Å²) in [6.07, 6.45) is 7.09. The Balaban J connectivity index is 1.56. The highest BCUT2D eigenvalue weighted by Crippen LogP contribution is 2.32. The van der Waals surface area contributed by atoms with Crippen molar-refractivity contribution in [3.63, 3.8) is 0 Å². The van der Waals surface area contributed by atoms with Crippen LogP contribution in [0.25, 0.3) is 0 Å². The molecule has 1 atom stereocenters. The van der Waals surface area contributed by atoms with Crippen molar-refractivity contribution in [1.82, 2.24) is 14.9 Å². The largest absolute Gasteiger partial charge is 0.444 e. The van der Waals surface area contributed by atoms with Crippen molar-refractivity contribution in [3.05, 3.63) is 18.1 Å². The number of ether oxygens (including phenoxy) is 1. The Kier molecular flexibility index (Phi) is 4.92. The number of piperidine rings is 1. The zero-order chi connectivity index (χ0) is 17.2. The second-order valence-corrected chi connectivity index (χ2v) is 7.95. The number of hydrogen-bond acceptors (Lipinski definition) is 5. The quantitative estimate of drug-likeness (QED) is 0.917. The molecule has 6 heteroatoms. The third-order valence-electron chi connectivity index (χ3n) is 4.34. The molecule has 1 unspecified atom stereocenters. The van der Waals surface area contributed by atoms with Gasteiger partial charge in [0.1, 0.15) is 17.7 Å². The fraction of sp³-hybridized carbons (Fsp3) is 0.722. The van der Waals surface area contributed by atoms with E-state index in [4.69, 9.17) is 4.74 Å². The van der Waals surface area contributed by atoms with Crippen molar-refractivity contribution < 1.29 is 9.53 Å². The molecule has 1 saturated carbocycles. The highest BCUT2D eigenvalue weighted by atomic mass is 16.6. The summed E-state index contributed by atoms with van der Waals surface area (Å²) in [5, 5.41) is 3.46. The van der Waals surface area contributed by atoms with Crippen LogP contribution in [-0.2, 0) is 11.2 Å². The summed E-state index contributed by atoms with van der Waals surface area (Å²) in [5.41, 5.74) is 0.650. The number of carbonyl (C=O) groups excluding carboxylic acids is 1. The number of aromatic nitrogens is 2. The molecular weight excluding hydrogens is 304 g/mol. The summed E-state index contributed by atoms with van der Waals surface area (Å²) >= 11 is 0. The maximum atomic E-state index is 12.2. The predicted molar refractivity (Wildman–Crippen MR) is 92.9 cm³/mol. The molecule has 0 bridgehead atoms. The molecule has 3 rings (SSSR count). The third kappa shape index (κ3) is 5.08. The number of amides is 1. The molecule has 1 aromatic heterocycles. The first-order valence-electron chi connectivity index (χ1n) is 8.94. The molecule has 1 aliphatic carbocycles. The number of carbonyl (C=O) groups is 1. The van der Waals surface area contributed by atoms with Crippen LogP contribution in [0.3, 0.4) is 0 Å². The summed E-state index contributed by atoms with van der Waals surface area (Å²) < 4.78 is 5.48. The lowest BCUT2D eigenvalue weighted by molar-refractivity contribution is 0.0206. The smallest absolute Gasteiger partial charge is 0.410 e. The van der Waals surface area contributed by atoms with Crippen LogP contribution in [0.15, 0.2) is 12.4 Å². The number of nitrogens with zero attached hydrogens (tertiary/aromatic N) is 3. The van der Waals surface area contributed by atoms with E-state index in [1.807, 2.05) is 26.8 Å². The van der Waals surface area contributed by atoms with Gasteiger partial charge in [-0.1, -0.05) is 0 Å². The van der Waals surface area contributed by atoms with Crippen molar-refractivity contribution in [1.29, 1.82) is 0 Å². The van der Waals surface area contributed by atoms with Crippen LogP contribution in [0.2, 0.25) is 0 Å². The number of hydrogen-bond donors (Lipinski definition) is 1. The molecule has 24 heavy (non-hydrogen) atoms. The van der Waals surface area contributed by atoms with Crippen LogP contribution in [0.5, 0.6) is 0 Å². The molecule has 0 aromatic carbocycles. The summed E-state index contributed by atoms with van der Waals surface area (Å²) in [6, 6.07) is 2.25. The van der Waals surface area contributed by atoms with Gasteiger partial charge in [-0.05, 0) is 58.8 Å². The SMILES string of the molecule is CC(C)(C)OC(=O)N1CCCC(Nc2cc(CC3CC3)ncn2)C1. The first kappa shape index (κ1) is 17.0. The molecule has 2 fully saturated rings. The molecule has 6 nitrogen and oxygen atoms in total. The monoisotopic (exact) mass is 332 g/mol. The van der Waals surface area contributed by atoms with Crippen molar-refractivity contribution in [2.45, 2.75) is 64.5 Å². The average Bonchev–Trinajstić information content (AvgIpc) is 3.30. The lowest BCUT2D eigenvalue weighted by Gasteiger charge is -2.34. The number of rotatable bonds is 4. The zero-order valence-corrected chi connectivity index (χ0v) is 14.9. The Morgan fingerprint density at radius 3 is 2.83 bits per heavy atom. The molecule has 1 saturated heterocycles. The highest BCUT2D eigenvalue weighted by Gasteiger charge is 2.28. The van der Waals surface area contributed by atoms with Crippen LogP contribution in [-0.4, -0.2) is 45.7 Å². The van der Waals surface area contributed by atoms with Crippen molar-refractivity contribution in [3.8, 4) is 0 Å². The van der Waals surface area contributed by atoms with E-state index in [-0.39, 0.29) is 12.1 Å². The van der Waals surface area contributed by atoms with Crippen molar-refractivity contribution in [2.75, 3.05) is 18.4 Å². The van der Waals surface area contributed by atoms with Crippen molar-refractivity contribution >= 4 is 11.9 Å². The van der Waals surface area contributed by atoms with E-state index in [1.165, 1.54) is 12.8 Å². The minimum atomic E-state index is -0.457. The van der Waals surface area contributed by atoms with Crippen molar-refractivity contribution in [2.24, 2.45) is 5.92 Å². The van der Waals surface area contributed by atoms with E-state index < -0.39 is 5.60 Å². The first-order valence-corrected chi connectivity index (χ1v) is 8.94. The van der Waals surface area contributed by atoms with Gasteiger partial charge in [-0.3, -0.25) is 0 Å². The first-order chi connectivity index (χ1) is 11.4. The minimum absolute atomic E-state index is 0.204. The lowest BCUT2D eigenvalue weighted by Crippen LogP contribution is -2.47. The molecule has 2 aliphatic rings. The molecule has 0 spiro atoms. The van der Waals surface area contributed by atoms with Crippen LogP contribution >= 0.6 is 0 Å². The molecule has 1 N–H and O–H groups in total. The second-order valence-electron chi connectivity index (χ2n) is 7.95. The lowest BCUT2D eigenvalue weighted by atomic mass is 10.1. The van der Waals surface area contributed by atoms with Gasteiger partial charge in [-0.25, -0.2) is 14.8 Å². The summed E-state index contributed by atoms with van der Waals surface area (Å²) in [5.74, 6) is 1.67. The summed E-state index contributed by atoms with van der Waals surface area (Å²) in [4.78, 5) is 22.7. The predicted octanol–water partition coefficient (Wildman–Crippen LogP) is 3.24. The Morgan fingerprint density at radius 1 is 1.33 bits per heavy atom. The van der Waals surface area contributed by atoms with Gasteiger partial charge in [0.05, 0.1) is 0 Å². The van der Waals surface area contributed by atoms with E-state index in [2.05, 4.69) is 15.3 Å². The van der Waals surface area contributed by atoms with Gasteiger partial charge >= 0.3 is 6.09 Å². The minimum Gasteiger partial charge on any atom is -0.444 e. The van der Waals surface area contributed by atoms with E-state index in [0.717, 1.165) is 43.2 Å². The fourth-order valence-electron chi connectivity index (χ4n) is 3.00. The standard InChI is InChI=1S/C18H28N4O2/c1-18(2,3)24-17(23)22-8-4-5-14(11-22)21-16-10-15(19-12-20-16)9-13-6-7-13/h10,12-14H,4-9,11H2,1-3H3,(H,19,20,21). The normalized spacial score (nSPS) is 21.5. The topological polar surface area (TPSA) is 67.3 Å². The van der Waals surface area contributed by atoms with E-state index in [9.17, 15) is 4.79 Å². The average molecular weight is 332 g/mol. The summed E-state index contributed by atoms with van der Waals surface area (Å²) in [7, 11) is 0. The van der Waals surface area contributed by atoms with Gasteiger partial charge in [-0.15, -0.1) is 0 Å². The van der Waals surface area contributed by atoms with Crippen LogP contribution < -0.4 is 5.32 Å². The molecule has 1 aliphatic heterocycles. The van der Waals surface area contributed by atoms with Crippen LogP contribution in [0.4, 0.5) is 10.6 Å². The Morgan fingerprint density at radius 2 is 2.12 bits per heavy atom. The zero-order valence-electron chi connectivity index (χ0n) is 14.9. The van der Waals surface area contributed by atoms with Gasteiger partial charge in [0.15, 0.2) is 0 Å². The van der Waals surface area contributed by atoms with Gasteiger partial charge in [0, 0.05) is 30.9 Å². The Bertz CT molecular complexity index is 581. The molecular formula is C18H28N4O2. The number of likely N-dealkylation sites (tertiary alicyclic amines) is 1. The Hall–Kier alpha value is -1.85. The third-order valence-corrected chi connectivity index (χ3v) is 4.34. The molecule has 1 amide bonds. The maximum Gasteiger partial charge on any atom is 0.410 e. The second kappa shape index (κ2) is 6.95. The van der Waals surface area contributed by atoms with E-state index in [0.29, 0.717) is 6.54 Å². The number of nitrogens with one attached hydrogen (secondary N) is 1. The summed E-state index contributed by atoms with van der Waals surface area (Å²) in [6.45, 7) is 7.09. The van der Waals surface area contributed by atoms with E-state index >= 15 is 0 Å². The number of anilines is 1. The van der Waals surface area contributed by atoms with Gasteiger partial charge in [-0.2, -0.15) is 0 Å². The highest BCUT2D eigenvalue weighted by molar-refractivity contribution is 5.68. The van der Waals surface area contributed by atoms with Crippen LogP contribution in [0, 0.1) is 5.92 Å². The maximum absolute atomic E-state index is 12.2. The molecule has 132 valence electrons. The van der Waals surface area contributed by atoms with Gasteiger partial charge in [0.25, 0.3) is 0 Å². The molecule has 1 aromatic rings. The molecule has 0 radical (unpaired) electrons.